The van der Waals surface area contributed by atoms with E-state index < -0.39 is 18.7 Å². The van der Waals surface area contributed by atoms with Crippen LogP contribution in [0.4, 0.5) is 5.69 Å². The third-order valence-corrected chi connectivity index (χ3v) is 6.55. The van der Waals surface area contributed by atoms with Gasteiger partial charge in [-0.2, -0.15) is 0 Å². The van der Waals surface area contributed by atoms with Gasteiger partial charge in [-0.3, -0.25) is 19.2 Å². The van der Waals surface area contributed by atoms with E-state index in [0.717, 1.165) is 26.2 Å². The number of ether oxygens (including phenoxy) is 1. The van der Waals surface area contributed by atoms with E-state index in [1.54, 1.807) is 28.4 Å². The Bertz CT molecular complexity index is 629. The standard InChI is InChI=1S/C13H18N3O5P/c1-10(21-22(19,14-5-6-14)15-7-8-15)12-4-3-11(20-2)9-13(12)16(17)18/h3-4,9-10H,5-8H2,1-2H3. The maximum Gasteiger partial charge on any atom is 0.346 e. The van der Waals surface area contributed by atoms with Crippen molar-refractivity contribution in [2.45, 2.75) is 13.0 Å². The molecular weight excluding hydrogens is 309 g/mol. The van der Waals surface area contributed by atoms with Gasteiger partial charge in [0.25, 0.3) is 5.69 Å². The second-order valence-electron chi connectivity index (χ2n) is 5.33. The minimum atomic E-state index is -3.02. The molecule has 0 amide bonds. The molecular formula is C13H18N3O5P. The van der Waals surface area contributed by atoms with Crippen molar-refractivity contribution in [2.75, 3.05) is 33.3 Å². The van der Waals surface area contributed by atoms with Crippen LogP contribution in [0.15, 0.2) is 18.2 Å². The summed E-state index contributed by atoms with van der Waals surface area (Å²) in [4.78, 5) is 10.8. The summed E-state index contributed by atoms with van der Waals surface area (Å²) in [6, 6.07) is 4.59. The van der Waals surface area contributed by atoms with E-state index in [1.807, 2.05) is 0 Å². The predicted molar refractivity (Wildman–Crippen MR) is 79.9 cm³/mol. The molecule has 2 heterocycles. The Balaban J connectivity index is 1.86. The number of benzene rings is 1. The summed E-state index contributed by atoms with van der Waals surface area (Å²) in [5.41, 5.74) is 0.310. The molecule has 2 saturated heterocycles. The molecule has 1 aromatic rings. The maximum atomic E-state index is 13.0. The molecule has 1 atom stereocenters. The first-order valence-electron chi connectivity index (χ1n) is 7.07. The Morgan fingerprint density at radius 3 is 2.32 bits per heavy atom. The third kappa shape index (κ3) is 2.87. The summed E-state index contributed by atoms with van der Waals surface area (Å²) in [5, 5.41) is 11.3. The molecule has 0 spiro atoms. The summed E-state index contributed by atoms with van der Waals surface area (Å²) in [5.74, 6) is 0.405. The van der Waals surface area contributed by atoms with Crippen molar-refractivity contribution in [1.29, 1.82) is 0 Å². The van der Waals surface area contributed by atoms with E-state index in [2.05, 4.69) is 0 Å². The van der Waals surface area contributed by atoms with Crippen molar-refractivity contribution in [3.05, 3.63) is 33.9 Å². The Kier molecular flexibility index (Phi) is 3.94. The Hall–Kier alpha value is -1.47. The van der Waals surface area contributed by atoms with Gasteiger partial charge in [0.15, 0.2) is 0 Å². The van der Waals surface area contributed by atoms with Crippen molar-refractivity contribution in [3.8, 4) is 5.75 Å². The minimum Gasteiger partial charge on any atom is -0.497 e. The summed E-state index contributed by atoms with van der Waals surface area (Å²) in [6.45, 7) is 4.65. The van der Waals surface area contributed by atoms with Gasteiger partial charge in [-0.15, -0.1) is 0 Å². The molecule has 0 saturated carbocycles. The van der Waals surface area contributed by atoms with Crippen LogP contribution in [0.2, 0.25) is 0 Å². The molecule has 8 nitrogen and oxygen atoms in total. The molecule has 0 aliphatic carbocycles. The summed E-state index contributed by atoms with van der Waals surface area (Å²) in [7, 11) is -1.57. The molecule has 0 radical (unpaired) electrons. The van der Waals surface area contributed by atoms with Crippen LogP contribution in [0.5, 0.6) is 5.75 Å². The summed E-state index contributed by atoms with van der Waals surface area (Å²) >= 11 is 0. The van der Waals surface area contributed by atoms with Crippen molar-refractivity contribution in [3.63, 3.8) is 0 Å². The second-order valence-corrected chi connectivity index (χ2v) is 7.65. The van der Waals surface area contributed by atoms with Gasteiger partial charge < -0.3 is 4.74 Å². The lowest BCUT2D eigenvalue weighted by molar-refractivity contribution is -0.386. The molecule has 2 fully saturated rings. The molecule has 9 heteroatoms. The highest BCUT2D eigenvalue weighted by Crippen LogP contribution is 2.63. The number of nitro benzene ring substituents is 1. The average Bonchev–Trinajstić information content (AvgIpc) is 3.38. The number of hydrogen-bond acceptors (Lipinski definition) is 5. The van der Waals surface area contributed by atoms with Crippen molar-refractivity contribution in [2.24, 2.45) is 0 Å². The van der Waals surface area contributed by atoms with Gasteiger partial charge in [0.05, 0.1) is 29.8 Å². The van der Waals surface area contributed by atoms with Crippen molar-refractivity contribution < 1.29 is 18.7 Å². The molecule has 0 aromatic heterocycles. The highest BCUT2D eigenvalue weighted by atomic mass is 31.2. The van der Waals surface area contributed by atoms with Crippen LogP contribution >= 0.6 is 7.67 Å². The topological polar surface area (TPSA) is 84.7 Å². The lowest BCUT2D eigenvalue weighted by Gasteiger charge is -2.24. The fourth-order valence-corrected chi connectivity index (χ4v) is 4.66. The molecule has 22 heavy (non-hydrogen) atoms. The summed E-state index contributed by atoms with van der Waals surface area (Å²) in [6.07, 6.45) is -0.640. The zero-order valence-corrected chi connectivity index (χ0v) is 13.4. The van der Waals surface area contributed by atoms with E-state index >= 15 is 0 Å². The first-order chi connectivity index (χ1) is 10.5. The smallest absolute Gasteiger partial charge is 0.346 e. The van der Waals surface area contributed by atoms with Crippen LogP contribution in [0.25, 0.3) is 0 Å². The Morgan fingerprint density at radius 1 is 1.27 bits per heavy atom. The van der Waals surface area contributed by atoms with E-state index in [4.69, 9.17) is 9.26 Å². The largest absolute Gasteiger partial charge is 0.497 e. The number of nitrogens with zero attached hydrogens (tertiary/aromatic N) is 3. The first kappa shape index (κ1) is 15.4. The molecule has 1 aromatic carbocycles. The average molecular weight is 327 g/mol. The minimum absolute atomic E-state index is 0.0880. The molecule has 2 aliphatic heterocycles. The molecule has 0 bridgehead atoms. The number of nitro groups is 1. The van der Waals surface area contributed by atoms with Gasteiger partial charge in [-0.25, -0.2) is 9.34 Å². The van der Waals surface area contributed by atoms with Gasteiger partial charge in [-0.1, -0.05) is 0 Å². The molecule has 120 valence electrons. The van der Waals surface area contributed by atoms with Crippen molar-refractivity contribution >= 4 is 13.4 Å². The Morgan fingerprint density at radius 2 is 1.86 bits per heavy atom. The van der Waals surface area contributed by atoms with Crippen LogP contribution in [-0.2, 0) is 9.09 Å². The van der Waals surface area contributed by atoms with Crippen LogP contribution in [0.1, 0.15) is 18.6 Å². The van der Waals surface area contributed by atoms with Gasteiger partial charge in [0, 0.05) is 26.2 Å². The van der Waals surface area contributed by atoms with Gasteiger partial charge >= 0.3 is 7.67 Å². The number of rotatable bonds is 7. The number of hydrogen-bond donors (Lipinski definition) is 0. The Labute approximate surface area is 128 Å². The molecule has 3 rings (SSSR count). The number of methoxy groups -OCH3 is 1. The van der Waals surface area contributed by atoms with E-state index in [0.29, 0.717) is 11.3 Å². The molecule has 0 N–H and O–H groups in total. The highest BCUT2D eigenvalue weighted by Gasteiger charge is 2.50. The SMILES string of the molecule is COc1ccc(C(C)OP(=O)(N2CC2)N2CC2)c([N+](=O)[O-])c1. The third-order valence-electron chi connectivity index (χ3n) is 3.73. The lowest BCUT2D eigenvalue weighted by Crippen LogP contribution is -2.11. The van der Waals surface area contributed by atoms with E-state index in [-0.39, 0.29) is 5.69 Å². The zero-order chi connectivity index (χ0) is 15.9. The van der Waals surface area contributed by atoms with Crippen molar-refractivity contribution in [1.82, 2.24) is 9.34 Å². The second kappa shape index (κ2) is 5.62. The molecule has 1 unspecified atom stereocenters. The monoisotopic (exact) mass is 327 g/mol. The van der Waals surface area contributed by atoms with Crippen LogP contribution < -0.4 is 4.74 Å². The van der Waals surface area contributed by atoms with Gasteiger partial charge in [0.1, 0.15) is 5.75 Å². The van der Waals surface area contributed by atoms with Gasteiger partial charge in [-0.05, 0) is 19.1 Å². The van der Waals surface area contributed by atoms with Crippen LogP contribution in [0.3, 0.4) is 0 Å². The molecule has 2 aliphatic rings. The van der Waals surface area contributed by atoms with E-state index in [9.17, 15) is 14.7 Å². The van der Waals surface area contributed by atoms with Crippen LogP contribution in [0, 0.1) is 10.1 Å². The van der Waals surface area contributed by atoms with E-state index in [1.165, 1.54) is 13.2 Å². The highest BCUT2D eigenvalue weighted by molar-refractivity contribution is 7.54. The van der Waals surface area contributed by atoms with Gasteiger partial charge in [0.2, 0.25) is 0 Å². The fourth-order valence-electron chi connectivity index (χ4n) is 2.32. The predicted octanol–water partition coefficient (Wildman–Crippen LogP) is 2.42. The maximum absolute atomic E-state index is 13.0. The first-order valence-corrected chi connectivity index (χ1v) is 8.60. The lowest BCUT2D eigenvalue weighted by atomic mass is 10.1. The normalized spacial score (nSPS) is 19.7. The zero-order valence-electron chi connectivity index (χ0n) is 12.5. The summed E-state index contributed by atoms with van der Waals surface area (Å²) < 4.78 is 27.3. The quantitative estimate of drug-likeness (QED) is 0.329. The fraction of sp³-hybridized carbons (Fsp3) is 0.538. The van der Waals surface area contributed by atoms with Crippen LogP contribution in [-0.4, -0.2) is 47.6 Å².